The zero-order chi connectivity index (χ0) is 8.91. The highest BCUT2D eigenvalue weighted by Crippen LogP contribution is 1.92. The van der Waals surface area contributed by atoms with Crippen LogP contribution in [0.1, 0.15) is 0 Å². The molecule has 0 radical (unpaired) electrons. The van der Waals surface area contributed by atoms with Crippen LogP contribution in [-0.2, 0) is 19.1 Å². The lowest BCUT2D eigenvalue weighted by molar-refractivity contribution is -0.128. The van der Waals surface area contributed by atoms with Crippen LogP contribution in [0.15, 0.2) is 12.7 Å². The van der Waals surface area contributed by atoms with Gasteiger partial charge >= 0.3 is 16.1 Å². The van der Waals surface area contributed by atoms with E-state index in [0.29, 0.717) is 0 Å². The zero-order valence-electron chi connectivity index (χ0n) is 5.82. The van der Waals surface area contributed by atoms with Crippen molar-refractivity contribution in [3.8, 4) is 0 Å². The summed E-state index contributed by atoms with van der Waals surface area (Å²) in [6.45, 7) is 2.96. The Labute approximate surface area is 65.0 Å². The molecule has 0 aromatic rings. The second-order valence-corrected chi connectivity index (χ2v) is 3.35. The van der Waals surface area contributed by atoms with E-state index in [1.165, 1.54) is 0 Å². The van der Waals surface area contributed by atoms with Gasteiger partial charge in [-0.05, 0) is 0 Å². The van der Waals surface area contributed by atoms with Crippen LogP contribution >= 0.6 is 0 Å². The van der Waals surface area contributed by atoms with Crippen molar-refractivity contribution in [1.82, 2.24) is 0 Å². The van der Waals surface area contributed by atoms with Gasteiger partial charge in [0, 0.05) is 12.6 Å². The first-order valence-electron chi connectivity index (χ1n) is 2.80. The van der Waals surface area contributed by atoms with E-state index in [2.05, 4.69) is 10.8 Å². The van der Waals surface area contributed by atoms with Gasteiger partial charge < -0.3 is 9.92 Å². The highest BCUT2D eigenvalue weighted by Gasteiger charge is 2.12. The molecule has 0 amide bonds. The Hall–Kier alpha value is -0.880. The quantitative estimate of drug-likeness (QED) is 0.442. The summed E-state index contributed by atoms with van der Waals surface area (Å²) in [5.41, 5.74) is 4.94. The number of nitrogens with two attached hydrogens (primary N) is 1. The summed E-state index contributed by atoms with van der Waals surface area (Å²) in [6, 6.07) is 0. The topological polar surface area (TPSA) is 86.5 Å². The summed E-state index contributed by atoms with van der Waals surface area (Å²) < 4.78 is 25.2. The number of hydrogen-bond acceptors (Lipinski definition) is 5. The van der Waals surface area contributed by atoms with Crippen LogP contribution in [0.3, 0.4) is 0 Å². The lowest BCUT2D eigenvalue weighted by Crippen LogP contribution is -2.20. The van der Waals surface area contributed by atoms with Crippen molar-refractivity contribution in [2.75, 3.05) is 12.3 Å². The number of hydrogen-bond donors (Lipinski definition) is 1. The van der Waals surface area contributed by atoms with Gasteiger partial charge in [0.05, 0.1) is 5.75 Å². The van der Waals surface area contributed by atoms with E-state index >= 15 is 0 Å². The summed E-state index contributed by atoms with van der Waals surface area (Å²) in [7, 11) is -3.79. The van der Waals surface area contributed by atoms with E-state index in [0.717, 1.165) is 6.08 Å². The minimum Gasteiger partial charge on any atom is -0.342 e. The molecule has 0 aromatic carbocycles. The van der Waals surface area contributed by atoms with E-state index in [-0.39, 0.29) is 12.3 Å². The van der Waals surface area contributed by atoms with Crippen LogP contribution in [0.25, 0.3) is 0 Å². The van der Waals surface area contributed by atoms with Crippen LogP contribution in [0.4, 0.5) is 0 Å². The van der Waals surface area contributed by atoms with Crippen molar-refractivity contribution < 1.29 is 17.4 Å². The Morgan fingerprint density at radius 3 is 2.55 bits per heavy atom. The maximum Gasteiger partial charge on any atom is 0.345 e. The van der Waals surface area contributed by atoms with Gasteiger partial charge in [0.1, 0.15) is 0 Å². The van der Waals surface area contributed by atoms with Crippen molar-refractivity contribution in [3.05, 3.63) is 12.7 Å². The minimum atomic E-state index is -3.79. The van der Waals surface area contributed by atoms with Gasteiger partial charge in [-0.25, -0.2) is 4.79 Å². The van der Waals surface area contributed by atoms with Gasteiger partial charge in [0.15, 0.2) is 0 Å². The molecule has 0 rings (SSSR count). The lowest BCUT2D eigenvalue weighted by atomic mass is 10.7. The Bertz CT molecular complexity index is 243. The van der Waals surface area contributed by atoms with E-state index in [4.69, 9.17) is 5.73 Å². The lowest BCUT2D eigenvalue weighted by Gasteiger charge is -1.99. The predicted molar refractivity (Wildman–Crippen MR) is 39.1 cm³/mol. The fourth-order valence-electron chi connectivity index (χ4n) is 0.345. The van der Waals surface area contributed by atoms with Crippen molar-refractivity contribution in [3.63, 3.8) is 0 Å². The van der Waals surface area contributed by atoms with Crippen LogP contribution < -0.4 is 5.73 Å². The van der Waals surface area contributed by atoms with E-state index in [1.54, 1.807) is 0 Å². The first-order chi connectivity index (χ1) is 5.02. The smallest absolute Gasteiger partial charge is 0.342 e. The molecule has 0 saturated heterocycles. The fourth-order valence-corrected chi connectivity index (χ4v) is 1.04. The molecular formula is C5H9NO4S. The maximum atomic E-state index is 10.6. The average molecular weight is 179 g/mol. The molecule has 64 valence electrons. The SMILES string of the molecule is C=CC(=O)OS(=O)(=O)CCN. The van der Waals surface area contributed by atoms with Crippen LogP contribution in [-0.4, -0.2) is 26.7 Å². The zero-order valence-corrected chi connectivity index (χ0v) is 6.63. The second kappa shape index (κ2) is 4.09. The van der Waals surface area contributed by atoms with Gasteiger partial charge in [-0.3, -0.25) is 0 Å². The second-order valence-electron chi connectivity index (χ2n) is 1.66. The Kier molecular flexibility index (Phi) is 3.77. The first kappa shape index (κ1) is 10.1. The van der Waals surface area contributed by atoms with Crippen molar-refractivity contribution >= 4 is 16.1 Å². The van der Waals surface area contributed by atoms with E-state index < -0.39 is 16.1 Å². The minimum absolute atomic E-state index is 0.0766. The molecule has 5 nitrogen and oxygen atoms in total. The Balaban J connectivity index is 4.13. The molecule has 11 heavy (non-hydrogen) atoms. The standard InChI is InChI=1S/C5H9NO4S/c1-2-5(7)10-11(8,9)4-3-6/h2H,1,3-4,6H2. The van der Waals surface area contributed by atoms with E-state index in [1.807, 2.05) is 0 Å². The molecule has 0 aliphatic rings. The molecule has 0 aliphatic heterocycles. The van der Waals surface area contributed by atoms with Gasteiger partial charge in [0.2, 0.25) is 0 Å². The highest BCUT2D eigenvalue weighted by molar-refractivity contribution is 7.87. The molecule has 0 aromatic heterocycles. The molecule has 0 unspecified atom stereocenters. The molecule has 0 aliphatic carbocycles. The van der Waals surface area contributed by atoms with Crippen LogP contribution in [0.2, 0.25) is 0 Å². The van der Waals surface area contributed by atoms with Gasteiger partial charge in [-0.2, -0.15) is 8.42 Å². The van der Waals surface area contributed by atoms with Crippen molar-refractivity contribution in [2.45, 2.75) is 0 Å². The summed E-state index contributed by atoms with van der Waals surface area (Å²) >= 11 is 0. The van der Waals surface area contributed by atoms with Crippen molar-refractivity contribution in [2.24, 2.45) is 5.73 Å². The largest absolute Gasteiger partial charge is 0.345 e. The summed E-state index contributed by atoms with van der Waals surface area (Å²) in [5, 5.41) is 0. The molecule has 2 N–H and O–H groups in total. The number of carbonyl (C=O) groups excluding carboxylic acids is 1. The van der Waals surface area contributed by atoms with Gasteiger partial charge in [-0.1, -0.05) is 6.58 Å². The summed E-state index contributed by atoms with van der Waals surface area (Å²) in [6.07, 6.45) is 0.772. The molecular weight excluding hydrogens is 170 g/mol. The molecule has 0 bridgehead atoms. The van der Waals surface area contributed by atoms with Crippen LogP contribution in [0, 0.1) is 0 Å². The van der Waals surface area contributed by atoms with Gasteiger partial charge in [0.25, 0.3) is 0 Å². The third-order valence-electron chi connectivity index (χ3n) is 0.744. The molecule has 0 spiro atoms. The van der Waals surface area contributed by atoms with Gasteiger partial charge in [-0.15, -0.1) is 0 Å². The highest BCUT2D eigenvalue weighted by atomic mass is 32.2. The fraction of sp³-hybridized carbons (Fsp3) is 0.400. The van der Waals surface area contributed by atoms with E-state index in [9.17, 15) is 13.2 Å². The molecule has 6 heteroatoms. The summed E-state index contributed by atoms with van der Waals surface area (Å²) in [4.78, 5) is 10.3. The maximum absolute atomic E-state index is 10.6. The summed E-state index contributed by atoms with van der Waals surface area (Å²) in [5.74, 6) is -1.36. The monoisotopic (exact) mass is 179 g/mol. The molecule has 0 atom stereocenters. The van der Waals surface area contributed by atoms with Crippen LogP contribution in [0.5, 0.6) is 0 Å². The number of carbonyl (C=O) groups is 1. The Morgan fingerprint density at radius 1 is 1.64 bits per heavy atom. The average Bonchev–Trinajstić information content (AvgIpc) is 1.86. The molecule has 0 heterocycles. The Morgan fingerprint density at radius 2 is 2.18 bits per heavy atom. The first-order valence-corrected chi connectivity index (χ1v) is 4.38. The number of rotatable bonds is 4. The van der Waals surface area contributed by atoms with Crippen molar-refractivity contribution in [1.29, 1.82) is 0 Å². The predicted octanol–water partition coefficient (Wildman–Crippen LogP) is -0.996. The normalized spacial score (nSPS) is 10.6. The molecule has 0 fully saturated rings. The third-order valence-corrected chi connectivity index (χ3v) is 1.90. The molecule has 0 saturated carbocycles. The third kappa shape index (κ3) is 4.51.